The molecule has 0 radical (unpaired) electrons. The first kappa shape index (κ1) is 16.1. The number of piperidine rings is 1. The minimum atomic E-state index is -0.300. The van der Waals surface area contributed by atoms with E-state index in [-0.39, 0.29) is 17.6 Å². The quantitative estimate of drug-likeness (QED) is 0.561. The number of amides is 1. The molecule has 0 spiro atoms. The van der Waals surface area contributed by atoms with Gasteiger partial charge in [-0.3, -0.25) is 9.78 Å². The molecule has 1 aromatic carbocycles. The summed E-state index contributed by atoms with van der Waals surface area (Å²) in [5.41, 5.74) is 4.38. The van der Waals surface area contributed by atoms with Crippen molar-refractivity contribution < 1.29 is 9.18 Å². The molecule has 136 valence electrons. The van der Waals surface area contributed by atoms with Gasteiger partial charge in [0.15, 0.2) is 0 Å². The Balaban J connectivity index is 1.40. The van der Waals surface area contributed by atoms with Crippen LogP contribution in [-0.2, 0) is 0 Å². The Morgan fingerprint density at radius 2 is 2.07 bits per heavy atom. The maximum atomic E-state index is 13.4. The first-order valence-electron chi connectivity index (χ1n) is 9.18. The summed E-state index contributed by atoms with van der Waals surface area (Å²) >= 11 is 0. The van der Waals surface area contributed by atoms with Crippen molar-refractivity contribution >= 4 is 27.8 Å². The van der Waals surface area contributed by atoms with Crippen molar-refractivity contribution in [1.29, 1.82) is 0 Å². The molecule has 1 saturated heterocycles. The zero-order valence-electron chi connectivity index (χ0n) is 14.7. The van der Waals surface area contributed by atoms with Crippen molar-refractivity contribution in [3.63, 3.8) is 0 Å². The molecule has 2 N–H and O–H groups in total. The number of H-pyrrole nitrogens is 2. The Morgan fingerprint density at radius 3 is 2.96 bits per heavy atom. The van der Waals surface area contributed by atoms with Crippen LogP contribution in [0.2, 0.25) is 0 Å². The van der Waals surface area contributed by atoms with Crippen LogP contribution in [0.5, 0.6) is 0 Å². The smallest absolute Gasteiger partial charge is 0.270 e. The summed E-state index contributed by atoms with van der Waals surface area (Å²) in [6.07, 6.45) is 3.78. The molecule has 1 atom stereocenters. The number of halogens is 1. The highest BCUT2D eigenvalue weighted by atomic mass is 19.1. The Morgan fingerprint density at radius 1 is 1.15 bits per heavy atom. The number of hydrogen-bond acceptors (Lipinski definition) is 2. The summed E-state index contributed by atoms with van der Waals surface area (Å²) in [4.78, 5) is 25.8. The molecule has 1 aliphatic heterocycles. The van der Waals surface area contributed by atoms with Crippen molar-refractivity contribution in [2.75, 3.05) is 13.1 Å². The topological polar surface area (TPSA) is 64.8 Å². The Labute approximate surface area is 155 Å². The zero-order valence-corrected chi connectivity index (χ0v) is 14.7. The lowest BCUT2D eigenvalue weighted by Gasteiger charge is -2.32. The fourth-order valence-corrected chi connectivity index (χ4v) is 4.00. The Bertz CT molecular complexity index is 1110. The molecule has 5 rings (SSSR count). The van der Waals surface area contributed by atoms with E-state index in [1.807, 2.05) is 17.0 Å². The summed E-state index contributed by atoms with van der Waals surface area (Å²) < 4.78 is 13.4. The van der Waals surface area contributed by atoms with Gasteiger partial charge >= 0.3 is 0 Å². The molecular formula is C21H19FN4O. The van der Waals surface area contributed by atoms with Gasteiger partial charge in [-0.05, 0) is 55.3 Å². The lowest BCUT2D eigenvalue weighted by atomic mass is 9.94. The van der Waals surface area contributed by atoms with Gasteiger partial charge in [0.25, 0.3) is 5.91 Å². The number of rotatable bonds is 2. The number of carbonyl (C=O) groups excluding carboxylic acids is 1. The maximum Gasteiger partial charge on any atom is 0.270 e. The van der Waals surface area contributed by atoms with Crippen LogP contribution in [0.25, 0.3) is 21.9 Å². The molecular weight excluding hydrogens is 343 g/mol. The summed E-state index contributed by atoms with van der Waals surface area (Å²) in [6, 6.07) is 12.3. The molecule has 4 aromatic rings. The molecule has 4 heterocycles. The summed E-state index contributed by atoms with van der Waals surface area (Å²) in [5.74, 6) is -0.0739. The van der Waals surface area contributed by atoms with Crippen LogP contribution in [0.15, 0.2) is 48.7 Å². The molecule has 1 unspecified atom stereocenters. The summed E-state index contributed by atoms with van der Waals surface area (Å²) in [5, 5.41) is 0.716. The number of fused-ring (bicyclic) bond motifs is 2. The van der Waals surface area contributed by atoms with Crippen molar-refractivity contribution in [2.24, 2.45) is 0 Å². The largest absolute Gasteiger partial charge is 0.357 e. The Hall–Kier alpha value is -3.15. The first-order valence-corrected chi connectivity index (χ1v) is 9.18. The second kappa shape index (κ2) is 6.23. The van der Waals surface area contributed by atoms with Crippen LogP contribution in [0.4, 0.5) is 4.39 Å². The third-order valence-electron chi connectivity index (χ3n) is 5.37. The van der Waals surface area contributed by atoms with Gasteiger partial charge in [-0.25, -0.2) is 4.39 Å². The van der Waals surface area contributed by atoms with Gasteiger partial charge in [-0.1, -0.05) is 0 Å². The number of nitrogens with zero attached hydrogens (tertiary/aromatic N) is 2. The minimum absolute atomic E-state index is 0.0365. The number of carbonyl (C=O) groups is 1. The third kappa shape index (κ3) is 2.87. The van der Waals surface area contributed by atoms with Gasteiger partial charge in [-0.2, -0.15) is 0 Å². The number of aromatic nitrogens is 3. The predicted molar refractivity (Wildman–Crippen MR) is 102 cm³/mol. The van der Waals surface area contributed by atoms with Gasteiger partial charge in [0, 0.05) is 41.8 Å². The number of pyridine rings is 1. The highest BCUT2D eigenvalue weighted by Gasteiger charge is 2.27. The minimum Gasteiger partial charge on any atom is -0.357 e. The summed E-state index contributed by atoms with van der Waals surface area (Å²) in [7, 11) is 0. The highest BCUT2D eigenvalue weighted by molar-refractivity contribution is 5.98. The van der Waals surface area contributed by atoms with Crippen LogP contribution in [0.3, 0.4) is 0 Å². The van der Waals surface area contributed by atoms with Crippen LogP contribution >= 0.6 is 0 Å². The molecule has 0 aliphatic carbocycles. The fraction of sp³-hybridized carbons (Fsp3) is 0.238. The molecule has 1 aliphatic rings. The van der Waals surface area contributed by atoms with E-state index in [0.717, 1.165) is 41.6 Å². The highest BCUT2D eigenvalue weighted by Crippen LogP contribution is 2.29. The fourth-order valence-electron chi connectivity index (χ4n) is 4.00. The second-order valence-corrected chi connectivity index (χ2v) is 7.17. The molecule has 1 fully saturated rings. The van der Waals surface area contributed by atoms with Gasteiger partial charge in [0.1, 0.15) is 11.5 Å². The second-order valence-electron chi connectivity index (χ2n) is 7.17. The number of nitrogens with one attached hydrogen (secondary N) is 2. The number of benzene rings is 1. The first-order chi connectivity index (χ1) is 13.2. The molecule has 27 heavy (non-hydrogen) atoms. The standard InChI is InChI=1S/C21H19FN4O/c22-15-5-6-16-14(9-15)10-20(24-16)21(27)26-8-2-3-13(12-26)18-11-19-17(25-18)4-1-7-23-19/h1,4-7,9-11,13,24-25H,2-3,8,12H2. The van der Waals surface area contributed by atoms with Crippen LogP contribution in [0.1, 0.15) is 34.9 Å². The monoisotopic (exact) mass is 362 g/mol. The van der Waals surface area contributed by atoms with Gasteiger partial charge in [-0.15, -0.1) is 0 Å². The predicted octanol–water partition coefficient (Wildman–Crippen LogP) is 4.20. The molecule has 6 heteroatoms. The normalized spacial score (nSPS) is 17.7. The average Bonchev–Trinajstić information content (AvgIpc) is 3.31. The number of aromatic amines is 2. The molecule has 3 aromatic heterocycles. The van der Waals surface area contributed by atoms with Crippen LogP contribution < -0.4 is 0 Å². The third-order valence-corrected chi connectivity index (χ3v) is 5.37. The lowest BCUT2D eigenvalue weighted by molar-refractivity contribution is 0.0701. The van der Waals surface area contributed by atoms with E-state index in [9.17, 15) is 9.18 Å². The number of likely N-dealkylation sites (tertiary alicyclic amines) is 1. The van der Waals surface area contributed by atoms with E-state index in [0.29, 0.717) is 17.6 Å². The summed E-state index contributed by atoms with van der Waals surface area (Å²) in [6.45, 7) is 1.40. The van der Waals surface area contributed by atoms with Gasteiger partial charge in [0.05, 0.1) is 11.0 Å². The van der Waals surface area contributed by atoms with Crippen molar-refractivity contribution in [3.8, 4) is 0 Å². The van der Waals surface area contributed by atoms with E-state index in [2.05, 4.69) is 21.0 Å². The molecule has 5 nitrogen and oxygen atoms in total. The molecule has 0 bridgehead atoms. The Kier molecular flexibility index (Phi) is 3.70. The number of hydrogen-bond donors (Lipinski definition) is 2. The lowest BCUT2D eigenvalue weighted by Crippen LogP contribution is -2.39. The molecule has 0 saturated carbocycles. The van der Waals surface area contributed by atoms with Crippen molar-refractivity contribution in [1.82, 2.24) is 19.9 Å². The van der Waals surface area contributed by atoms with Crippen LogP contribution in [-0.4, -0.2) is 38.8 Å². The van der Waals surface area contributed by atoms with E-state index in [1.165, 1.54) is 12.1 Å². The van der Waals surface area contributed by atoms with Crippen molar-refractivity contribution in [2.45, 2.75) is 18.8 Å². The van der Waals surface area contributed by atoms with E-state index in [4.69, 9.17) is 0 Å². The van der Waals surface area contributed by atoms with E-state index in [1.54, 1.807) is 18.3 Å². The average molecular weight is 362 g/mol. The van der Waals surface area contributed by atoms with E-state index < -0.39 is 0 Å². The zero-order chi connectivity index (χ0) is 18.4. The SMILES string of the molecule is O=C(c1cc2cc(F)ccc2[nH]1)N1CCCC(c2cc3ncccc3[nH]2)C1. The van der Waals surface area contributed by atoms with Gasteiger partial charge in [0.2, 0.25) is 0 Å². The van der Waals surface area contributed by atoms with Gasteiger partial charge < -0.3 is 14.9 Å². The maximum absolute atomic E-state index is 13.4. The van der Waals surface area contributed by atoms with Crippen molar-refractivity contribution in [3.05, 3.63) is 65.9 Å². The van der Waals surface area contributed by atoms with Crippen LogP contribution in [0, 0.1) is 5.82 Å². The van der Waals surface area contributed by atoms with E-state index >= 15 is 0 Å². The molecule has 1 amide bonds.